The van der Waals surface area contributed by atoms with Crippen molar-refractivity contribution < 1.29 is 0 Å². The highest BCUT2D eigenvalue weighted by molar-refractivity contribution is 6.36. The van der Waals surface area contributed by atoms with Crippen molar-refractivity contribution in [3.05, 3.63) is 46.2 Å². The number of halogens is 2. The summed E-state index contributed by atoms with van der Waals surface area (Å²) in [7, 11) is 0. The minimum absolute atomic E-state index is 0.373. The van der Waals surface area contributed by atoms with Crippen molar-refractivity contribution in [1.82, 2.24) is 9.78 Å². The van der Waals surface area contributed by atoms with E-state index in [9.17, 15) is 0 Å². The molecule has 0 aliphatic carbocycles. The average molecular weight is 284 g/mol. The first-order valence-corrected chi connectivity index (χ1v) is 6.55. The molecule has 0 saturated carbocycles. The van der Waals surface area contributed by atoms with Gasteiger partial charge in [-0.3, -0.25) is 4.68 Å². The third-order valence-corrected chi connectivity index (χ3v) is 3.13. The number of anilines is 1. The summed E-state index contributed by atoms with van der Waals surface area (Å²) >= 11 is 11.9. The second-order valence-corrected chi connectivity index (χ2v) is 5.20. The fourth-order valence-electron chi connectivity index (χ4n) is 1.58. The van der Waals surface area contributed by atoms with Crippen molar-refractivity contribution in [3.8, 4) is 0 Å². The zero-order valence-corrected chi connectivity index (χ0v) is 11.8. The van der Waals surface area contributed by atoms with Gasteiger partial charge in [-0.1, -0.05) is 23.2 Å². The van der Waals surface area contributed by atoms with Crippen LogP contribution in [0.1, 0.15) is 25.6 Å². The topological polar surface area (TPSA) is 29.9 Å². The highest BCUT2D eigenvalue weighted by Gasteiger charge is 2.04. The van der Waals surface area contributed by atoms with E-state index in [0.29, 0.717) is 22.6 Å². The third kappa shape index (κ3) is 3.18. The Balaban J connectivity index is 2.02. The molecule has 2 aromatic rings. The van der Waals surface area contributed by atoms with Crippen LogP contribution in [-0.4, -0.2) is 9.78 Å². The number of aromatic nitrogens is 2. The molecule has 0 saturated heterocycles. The Kier molecular flexibility index (Phi) is 4.15. The number of rotatable bonds is 4. The fraction of sp³-hybridized carbons (Fsp3) is 0.308. The van der Waals surface area contributed by atoms with Gasteiger partial charge in [0.05, 0.1) is 22.9 Å². The second-order valence-electron chi connectivity index (χ2n) is 4.36. The molecule has 1 aromatic carbocycles. The molecule has 96 valence electrons. The van der Waals surface area contributed by atoms with Gasteiger partial charge >= 0.3 is 0 Å². The third-order valence-electron chi connectivity index (χ3n) is 2.58. The zero-order valence-electron chi connectivity index (χ0n) is 10.3. The van der Waals surface area contributed by atoms with Gasteiger partial charge in [0.15, 0.2) is 0 Å². The lowest BCUT2D eigenvalue weighted by Crippen LogP contribution is -2.04. The van der Waals surface area contributed by atoms with E-state index in [4.69, 9.17) is 23.2 Å². The summed E-state index contributed by atoms with van der Waals surface area (Å²) < 4.78 is 1.93. The molecule has 0 amide bonds. The van der Waals surface area contributed by atoms with Gasteiger partial charge in [-0.25, -0.2) is 0 Å². The molecule has 1 heterocycles. The lowest BCUT2D eigenvalue weighted by atomic mass is 10.3. The summed E-state index contributed by atoms with van der Waals surface area (Å²) in [6.07, 6.45) is 1.98. The zero-order chi connectivity index (χ0) is 13.1. The van der Waals surface area contributed by atoms with Crippen LogP contribution in [0.15, 0.2) is 30.5 Å². The molecule has 0 spiro atoms. The summed E-state index contributed by atoms with van der Waals surface area (Å²) in [4.78, 5) is 0. The lowest BCUT2D eigenvalue weighted by Gasteiger charge is -2.07. The predicted molar refractivity (Wildman–Crippen MR) is 76.4 cm³/mol. The first-order chi connectivity index (χ1) is 8.56. The van der Waals surface area contributed by atoms with E-state index in [1.54, 1.807) is 6.07 Å². The standard InChI is InChI=1S/C13H15Cl2N3/c1-9(2)18-6-5-11(17-18)8-16-13-4-3-10(14)7-12(13)15/h3-7,9,16H,8H2,1-2H3. The Bertz CT molecular complexity index is 535. The molecular formula is C13H15Cl2N3. The Morgan fingerprint density at radius 1 is 1.28 bits per heavy atom. The van der Waals surface area contributed by atoms with E-state index in [0.717, 1.165) is 11.4 Å². The summed E-state index contributed by atoms with van der Waals surface area (Å²) in [5.41, 5.74) is 1.84. The maximum atomic E-state index is 6.08. The molecule has 3 nitrogen and oxygen atoms in total. The highest BCUT2D eigenvalue weighted by atomic mass is 35.5. The predicted octanol–water partition coefficient (Wildman–Crippen LogP) is 4.38. The van der Waals surface area contributed by atoms with Crippen molar-refractivity contribution in [2.75, 3.05) is 5.32 Å². The maximum Gasteiger partial charge on any atom is 0.0815 e. The number of benzene rings is 1. The fourth-order valence-corrected chi connectivity index (χ4v) is 2.05. The van der Waals surface area contributed by atoms with Crippen molar-refractivity contribution >= 4 is 28.9 Å². The summed E-state index contributed by atoms with van der Waals surface area (Å²) in [5, 5.41) is 8.95. The van der Waals surface area contributed by atoms with Crippen LogP contribution in [0.5, 0.6) is 0 Å². The second kappa shape index (κ2) is 5.63. The average Bonchev–Trinajstić information content (AvgIpc) is 2.76. The summed E-state index contributed by atoms with van der Waals surface area (Å²) in [6.45, 7) is 4.83. The SMILES string of the molecule is CC(C)n1ccc(CNc2ccc(Cl)cc2Cl)n1. The van der Waals surface area contributed by atoms with Gasteiger partial charge in [0.2, 0.25) is 0 Å². The van der Waals surface area contributed by atoms with Crippen LogP contribution >= 0.6 is 23.2 Å². The summed E-state index contributed by atoms with van der Waals surface area (Å²) in [5.74, 6) is 0. The van der Waals surface area contributed by atoms with Crippen LogP contribution in [0.4, 0.5) is 5.69 Å². The number of nitrogens with one attached hydrogen (secondary N) is 1. The minimum atomic E-state index is 0.373. The Morgan fingerprint density at radius 2 is 2.06 bits per heavy atom. The molecule has 0 bridgehead atoms. The first-order valence-electron chi connectivity index (χ1n) is 5.79. The molecule has 0 unspecified atom stereocenters. The number of hydrogen-bond acceptors (Lipinski definition) is 2. The van der Waals surface area contributed by atoms with E-state index < -0.39 is 0 Å². The first kappa shape index (κ1) is 13.2. The molecule has 0 fully saturated rings. The Morgan fingerprint density at radius 3 is 2.67 bits per heavy atom. The Hall–Kier alpha value is -1.19. The molecule has 0 aliphatic rings. The lowest BCUT2D eigenvalue weighted by molar-refractivity contribution is 0.527. The molecule has 0 radical (unpaired) electrons. The van der Waals surface area contributed by atoms with Crippen LogP contribution in [0.2, 0.25) is 10.0 Å². The van der Waals surface area contributed by atoms with Gasteiger partial charge in [-0.15, -0.1) is 0 Å². The Labute approximate surface area is 117 Å². The molecule has 0 atom stereocenters. The van der Waals surface area contributed by atoms with E-state index in [1.165, 1.54) is 0 Å². The van der Waals surface area contributed by atoms with Gasteiger partial charge in [-0.05, 0) is 38.1 Å². The molecule has 1 aromatic heterocycles. The number of hydrogen-bond donors (Lipinski definition) is 1. The normalized spacial score (nSPS) is 10.9. The molecular weight excluding hydrogens is 269 g/mol. The largest absolute Gasteiger partial charge is 0.378 e. The van der Waals surface area contributed by atoms with Gasteiger partial charge < -0.3 is 5.32 Å². The van der Waals surface area contributed by atoms with Crippen LogP contribution in [-0.2, 0) is 6.54 Å². The minimum Gasteiger partial charge on any atom is -0.378 e. The van der Waals surface area contributed by atoms with Gasteiger partial charge in [0.1, 0.15) is 0 Å². The molecule has 5 heteroatoms. The molecule has 18 heavy (non-hydrogen) atoms. The summed E-state index contributed by atoms with van der Waals surface area (Å²) in [6, 6.07) is 7.76. The van der Waals surface area contributed by atoms with E-state index in [-0.39, 0.29) is 0 Å². The van der Waals surface area contributed by atoms with Gasteiger partial charge in [0, 0.05) is 17.3 Å². The van der Waals surface area contributed by atoms with Crippen molar-refractivity contribution in [2.45, 2.75) is 26.4 Å². The molecule has 1 N–H and O–H groups in total. The quantitative estimate of drug-likeness (QED) is 0.902. The number of nitrogens with zero attached hydrogens (tertiary/aromatic N) is 2. The molecule has 0 aliphatic heterocycles. The smallest absolute Gasteiger partial charge is 0.0815 e. The van der Waals surface area contributed by atoms with Crippen LogP contribution in [0.25, 0.3) is 0 Å². The van der Waals surface area contributed by atoms with E-state index >= 15 is 0 Å². The highest BCUT2D eigenvalue weighted by Crippen LogP contribution is 2.25. The van der Waals surface area contributed by atoms with E-state index in [2.05, 4.69) is 24.3 Å². The maximum absolute atomic E-state index is 6.08. The van der Waals surface area contributed by atoms with Crippen LogP contribution in [0.3, 0.4) is 0 Å². The van der Waals surface area contributed by atoms with Crippen molar-refractivity contribution in [2.24, 2.45) is 0 Å². The van der Waals surface area contributed by atoms with Crippen molar-refractivity contribution in [1.29, 1.82) is 0 Å². The van der Waals surface area contributed by atoms with E-state index in [1.807, 2.05) is 29.1 Å². The van der Waals surface area contributed by atoms with Gasteiger partial charge in [0.25, 0.3) is 0 Å². The monoisotopic (exact) mass is 283 g/mol. The molecule has 2 rings (SSSR count). The van der Waals surface area contributed by atoms with Crippen LogP contribution in [0, 0.1) is 0 Å². The van der Waals surface area contributed by atoms with Gasteiger partial charge in [-0.2, -0.15) is 5.10 Å². The van der Waals surface area contributed by atoms with Crippen LogP contribution < -0.4 is 5.32 Å². The van der Waals surface area contributed by atoms with Crippen molar-refractivity contribution in [3.63, 3.8) is 0 Å².